The van der Waals surface area contributed by atoms with Crippen LogP contribution in [0.1, 0.15) is 5.69 Å². The van der Waals surface area contributed by atoms with E-state index >= 15 is 0 Å². The normalized spacial score (nSPS) is 9.75. The van der Waals surface area contributed by atoms with Crippen LogP contribution >= 0.6 is 12.2 Å². The summed E-state index contributed by atoms with van der Waals surface area (Å²) in [5.41, 5.74) is 5.84. The molecule has 1 aromatic heterocycles. The Morgan fingerprint density at radius 2 is 2.50 bits per heavy atom. The summed E-state index contributed by atoms with van der Waals surface area (Å²) in [5, 5.41) is 0. The van der Waals surface area contributed by atoms with Crippen LogP contribution in [0.4, 0.5) is 0 Å². The monoisotopic (exact) mass is 183 g/mol. The molecule has 0 saturated heterocycles. The second kappa shape index (κ2) is 3.44. The van der Waals surface area contributed by atoms with Crippen molar-refractivity contribution in [1.29, 1.82) is 0 Å². The molecule has 0 amide bonds. The molecule has 0 aliphatic heterocycles. The van der Waals surface area contributed by atoms with Gasteiger partial charge in [-0.1, -0.05) is 12.2 Å². The van der Waals surface area contributed by atoms with E-state index in [0.717, 1.165) is 0 Å². The zero-order chi connectivity index (χ0) is 9.14. The van der Waals surface area contributed by atoms with Gasteiger partial charge in [0.05, 0.1) is 17.9 Å². The molecule has 0 bridgehead atoms. The minimum atomic E-state index is -0.129. The maximum atomic E-state index is 11.2. The zero-order valence-corrected chi connectivity index (χ0v) is 7.47. The lowest BCUT2D eigenvalue weighted by Gasteiger charge is -2.02. The molecular weight excluding hydrogens is 174 g/mol. The van der Waals surface area contributed by atoms with E-state index in [0.29, 0.717) is 5.69 Å². The maximum absolute atomic E-state index is 11.2. The molecule has 2 N–H and O–H groups in total. The van der Waals surface area contributed by atoms with Crippen LogP contribution in [0.15, 0.2) is 17.2 Å². The third-order valence-corrected chi connectivity index (χ3v) is 1.47. The van der Waals surface area contributed by atoms with Gasteiger partial charge >= 0.3 is 0 Å². The largest absolute Gasteiger partial charge is 0.392 e. The molecule has 5 heteroatoms. The van der Waals surface area contributed by atoms with E-state index in [2.05, 4.69) is 17.2 Å². The van der Waals surface area contributed by atoms with Crippen LogP contribution in [0.2, 0.25) is 0 Å². The summed E-state index contributed by atoms with van der Waals surface area (Å²) in [5.74, 6) is 0. The molecule has 4 nitrogen and oxygen atoms in total. The van der Waals surface area contributed by atoms with E-state index in [1.165, 1.54) is 17.0 Å². The van der Waals surface area contributed by atoms with Crippen LogP contribution in [0.3, 0.4) is 0 Å². The molecule has 0 aliphatic carbocycles. The number of rotatable bonds is 2. The van der Waals surface area contributed by atoms with Crippen LogP contribution in [-0.2, 0) is 6.54 Å². The third-order valence-electron chi connectivity index (χ3n) is 1.34. The third kappa shape index (κ3) is 2.13. The Hall–Kier alpha value is -1.23. The van der Waals surface area contributed by atoms with Crippen LogP contribution in [0.25, 0.3) is 0 Å². The summed E-state index contributed by atoms with van der Waals surface area (Å²) in [4.78, 5) is 15.4. The van der Waals surface area contributed by atoms with Crippen molar-refractivity contribution in [2.75, 3.05) is 0 Å². The van der Waals surface area contributed by atoms with Gasteiger partial charge in [-0.25, -0.2) is 4.98 Å². The Morgan fingerprint density at radius 1 is 1.83 bits per heavy atom. The van der Waals surface area contributed by atoms with Crippen molar-refractivity contribution in [2.45, 2.75) is 13.5 Å². The molecule has 0 unspecified atom stereocenters. The van der Waals surface area contributed by atoms with Gasteiger partial charge < -0.3 is 5.73 Å². The van der Waals surface area contributed by atoms with Crippen molar-refractivity contribution in [3.8, 4) is 0 Å². The van der Waals surface area contributed by atoms with Crippen LogP contribution in [0, 0.1) is 6.92 Å². The molecule has 0 aromatic carbocycles. The van der Waals surface area contributed by atoms with Gasteiger partial charge in [-0.05, 0) is 6.92 Å². The molecule has 64 valence electrons. The second-order valence-corrected chi connectivity index (χ2v) is 2.99. The topological polar surface area (TPSA) is 60.9 Å². The molecule has 1 aromatic rings. The fraction of sp³-hybridized carbons (Fsp3) is 0.286. The first-order valence-corrected chi connectivity index (χ1v) is 3.82. The smallest absolute Gasteiger partial charge is 0.253 e. The molecule has 1 rings (SSSR count). The molecule has 0 radical (unpaired) electrons. The van der Waals surface area contributed by atoms with Crippen LogP contribution in [-0.4, -0.2) is 14.5 Å². The van der Waals surface area contributed by atoms with Gasteiger partial charge in [0, 0.05) is 11.8 Å². The lowest BCUT2D eigenvalue weighted by atomic mass is 10.4. The summed E-state index contributed by atoms with van der Waals surface area (Å²) in [6.07, 6.45) is 1.44. The minimum absolute atomic E-state index is 0.129. The predicted octanol–water partition coefficient (Wildman–Crippen LogP) is -0.162. The highest BCUT2D eigenvalue weighted by atomic mass is 32.1. The van der Waals surface area contributed by atoms with Crippen molar-refractivity contribution in [3.05, 3.63) is 28.4 Å². The number of aryl methyl sites for hydroxylation is 1. The quantitative estimate of drug-likeness (QED) is 0.647. The molecule has 0 fully saturated rings. The van der Waals surface area contributed by atoms with E-state index in [1.807, 2.05) is 0 Å². The fourth-order valence-corrected chi connectivity index (χ4v) is 0.942. The summed E-state index contributed by atoms with van der Waals surface area (Å²) in [6.45, 7) is 2.01. The molecular formula is C7H9N3OS. The summed E-state index contributed by atoms with van der Waals surface area (Å²) < 4.78 is 1.37. The lowest BCUT2D eigenvalue weighted by molar-refractivity contribution is 0.771. The van der Waals surface area contributed by atoms with Crippen molar-refractivity contribution >= 4 is 17.2 Å². The number of hydrogen-bond donors (Lipinski definition) is 1. The van der Waals surface area contributed by atoms with Crippen molar-refractivity contribution in [2.24, 2.45) is 5.73 Å². The van der Waals surface area contributed by atoms with Gasteiger partial charge in [0.2, 0.25) is 0 Å². The summed E-state index contributed by atoms with van der Waals surface area (Å²) >= 11 is 4.66. The first kappa shape index (κ1) is 8.86. The fourth-order valence-electron chi connectivity index (χ4n) is 0.803. The Kier molecular flexibility index (Phi) is 2.54. The van der Waals surface area contributed by atoms with Crippen molar-refractivity contribution in [1.82, 2.24) is 9.55 Å². The SMILES string of the molecule is Cc1cc(=O)n(CC(N)=S)cn1. The first-order valence-electron chi connectivity index (χ1n) is 3.41. The van der Waals surface area contributed by atoms with E-state index in [1.54, 1.807) is 6.92 Å². The molecule has 0 aliphatic rings. The highest BCUT2D eigenvalue weighted by Gasteiger charge is 1.97. The van der Waals surface area contributed by atoms with Gasteiger partial charge in [-0.2, -0.15) is 0 Å². The number of aromatic nitrogens is 2. The van der Waals surface area contributed by atoms with E-state index in [4.69, 9.17) is 5.73 Å². The Bertz CT molecular complexity index is 358. The van der Waals surface area contributed by atoms with Crippen LogP contribution < -0.4 is 11.3 Å². The average molecular weight is 183 g/mol. The summed E-state index contributed by atoms with van der Waals surface area (Å²) in [6, 6.07) is 1.44. The summed E-state index contributed by atoms with van der Waals surface area (Å²) in [7, 11) is 0. The Labute approximate surface area is 75.0 Å². The predicted molar refractivity (Wildman–Crippen MR) is 50.0 cm³/mol. The number of nitrogens with two attached hydrogens (primary N) is 1. The molecule has 1 heterocycles. The van der Waals surface area contributed by atoms with Gasteiger partial charge in [0.1, 0.15) is 0 Å². The zero-order valence-electron chi connectivity index (χ0n) is 6.65. The van der Waals surface area contributed by atoms with Gasteiger partial charge in [-0.3, -0.25) is 9.36 Å². The number of nitrogens with zero attached hydrogens (tertiary/aromatic N) is 2. The van der Waals surface area contributed by atoms with Gasteiger partial charge in [-0.15, -0.1) is 0 Å². The van der Waals surface area contributed by atoms with E-state index in [-0.39, 0.29) is 17.1 Å². The highest BCUT2D eigenvalue weighted by molar-refractivity contribution is 7.80. The lowest BCUT2D eigenvalue weighted by Crippen LogP contribution is -2.26. The van der Waals surface area contributed by atoms with Crippen molar-refractivity contribution < 1.29 is 0 Å². The number of thiocarbonyl (C=S) groups is 1. The average Bonchev–Trinajstić information content (AvgIpc) is 1.94. The first-order chi connectivity index (χ1) is 5.59. The van der Waals surface area contributed by atoms with Crippen molar-refractivity contribution in [3.63, 3.8) is 0 Å². The van der Waals surface area contributed by atoms with Crippen LogP contribution in [0.5, 0.6) is 0 Å². The Balaban J connectivity index is 3.02. The molecule has 0 spiro atoms. The maximum Gasteiger partial charge on any atom is 0.253 e. The van der Waals surface area contributed by atoms with E-state index in [9.17, 15) is 4.79 Å². The molecule has 0 atom stereocenters. The second-order valence-electron chi connectivity index (χ2n) is 2.46. The van der Waals surface area contributed by atoms with Gasteiger partial charge in [0.15, 0.2) is 0 Å². The molecule has 12 heavy (non-hydrogen) atoms. The number of hydrogen-bond acceptors (Lipinski definition) is 3. The standard InChI is InChI=1S/C7H9N3OS/c1-5-2-7(11)10(4-9-5)3-6(8)12/h2,4H,3H2,1H3,(H2,8,12). The van der Waals surface area contributed by atoms with Gasteiger partial charge in [0.25, 0.3) is 5.56 Å². The Morgan fingerprint density at radius 3 is 3.00 bits per heavy atom. The highest BCUT2D eigenvalue weighted by Crippen LogP contribution is 1.84. The minimum Gasteiger partial charge on any atom is -0.392 e. The van der Waals surface area contributed by atoms with E-state index < -0.39 is 0 Å². The molecule has 0 saturated carbocycles.